The van der Waals surface area contributed by atoms with Gasteiger partial charge in [-0.3, -0.25) is 29.4 Å². The lowest BCUT2D eigenvalue weighted by Gasteiger charge is -2.43. The smallest absolute Gasteiger partial charge is 0.420 e. The van der Waals surface area contributed by atoms with Crippen LogP contribution >= 0.6 is 23.1 Å². The van der Waals surface area contributed by atoms with Crippen LogP contribution in [0.15, 0.2) is 68.4 Å². The molecule has 358 valence electrons. The van der Waals surface area contributed by atoms with Crippen LogP contribution in [0.5, 0.6) is 5.75 Å². The molecule has 2 amide bonds. The van der Waals surface area contributed by atoms with Crippen molar-refractivity contribution in [2.45, 2.75) is 70.9 Å². The molecule has 6 heterocycles. The van der Waals surface area contributed by atoms with Gasteiger partial charge in [0.25, 0.3) is 0 Å². The summed E-state index contributed by atoms with van der Waals surface area (Å²) in [6, 6.07) is 14.5. The fourth-order valence-corrected chi connectivity index (χ4v) is 11.7. The van der Waals surface area contributed by atoms with Crippen molar-refractivity contribution >= 4 is 91.0 Å². The van der Waals surface area contributed by atoms with Crippen molar-refractivity contribution in [3.63, 3.8) is 0 Å². The standard InChI is InChI=1S/C49H57BrFN10O6P/c1-6-29-24-38(55-48-52-28-34(50)46(57-48)54-37-11-10-36-33(45(37)68(4,5)65)9-8-31(7-2)53-36)42(66-3)27-40(29)60-18-15-32(16-19-60)59-22-20-58(21-23-59)17-14-30-25-43-41(26-35(30)51)61(49(64)67-43)39-12-13-44(62)56-47(39)63/h8-11,24-28,32,39H,6-7,12-23H2,1-5H3,(H,56,62,63)(H2,52,54,55,57). The van der Waals surface area contributed by atoms with Gasteiger partial charge in [0.2, 0.25) is 17.8 Å². The zero-order valence-electron chi connectivity index (χ0n) is 39.0. The number of piperazine rings is 1. The van der Waals surface area contributed by atoms with Crippen LogP contribution in [0.4, 0.5) is 33.2 Å². The maximum Gasteiger partial charge on any atom is 0.420 e. The molecule has 16 nitrogen and oxygen atoms in total. The SMILES string of the molecule is CCc1ccc2c(P(C)(C)=O)c(Nc3nc(Nc4cc(CC)c(N5CCC(N6CCN(CCc7cc8oc(=O)n(C9CCC(=O)NC9=O)c8cc7F)CC6)CC5)cc4OC)ncc3Br)ccc2n1. The normalized spacial score (nSPS) is 17.8. The third kappa shape index (κ3) is 9.78. The maximum absolute atomic E-state index is 15.5. The Hall–Kier alpha value is -5.68. The molecule has 3 aromatic heterocycles. The Balaban J connectivity index is 0.809. The van der Waals surface area contributed by atoms with Gasteiger partial charge < -0.3 is 34.2 Å². The second-order valence-electron chi connectivity index (χ2n) is 18.2. The molecule has 0 spiro atoms. The average molecular weight is 1010 g/mol. The number of fused-ring (bicyclic) bond motifs is 2. The number of amides is 2. The molecule has 0 saturated carbocycles. The number of rotatable bonds is 14. The Labute approximate surface area is 402 Å². The monoisotopic (exact) mass is 1010 g/mol. The number of aromatic nitrogens is 4. The highest BCUT2D eigenvalue weighted by Gasteiger charge is 2.33. The number of halogens is 2. The van der Waals surface area contributed by atoms with E-state index in [2.05, 4.69) is 77.5 Å². The molecule has 0 bridgehead atoms. The highest BCUT2D eigenvalue weighted by molar-refractivity contribution is 9.10. The summed E-state index contributed by atoms with van der Waals surface area (Å²) in [7, 11) is -1.08. The van der Waals surface area contributed by atoms with Gasteiger partial charge in [0.15, 0.2) is 5.58 Å². The number of aryl methyl sites for hydroxylation is 2. The van der Waals surface area contributed by atoms with Crippen molar-refractivity contribution in [2.75, 3.05) is 81.8 Å². The highest BCUT2D eigenvalue weighted by Crippen LogP contribution is 2.42. The lowest BCUT2D eigenvalue weighted by Crippen LogP contribution is -2.53. The molecule has 68 heavy (non-hydrogen) atoms. The molecule has 6 aromatic rings. The van der Waals surface area contributed by atoms with E-state index >= 15 is 4.39 Å². The first-order chi connectivity index (χ1) is 32.7. The summed E-state index contributed by atoms with van der Waals surface area (Å²) < 4.78 is 42.4. The largest absolute Gasteiger partial charge is 0.494 e. The molecule has 0 aliphatic carbocycles. The number of oxazole rings is 1. The maximum atomic E-state index is 15.5. The second kappa shape index (κ2) is 19.7. The first-order valence-corrected chi connectivity index (χ1v) is 26.7. The van der Waals surface area contributed by atoms with Crippen molar-refractivity contribution in [1.29, 1.82) is 0 Å². The fraction of sp³-hybridized carbons (Fsp3) is 0.429. The Morgan fingerprint density at radius 1 is 0.912 bits per heavy atom. The summed E-state index contributed by atoms with van der Waals surface area (Å²) in [6.45, 7) is 13.9. The number of benzene rings is 3. The number of nitrogens with one attached hydrogen (secondary N) is 3. The van der Waals surface area contributed by atoms with Gasteiger partial charge in [-0.15, -0.1) is 0 Å². The Kier molecular flexibility index (Phi) is 13.8. The van der Waals surface area contributed by atoms with E-state index < -0.39 is 36.6 Å². The molecule has 3 N–H and O–H groups in total. The first-order valence-electron chi connectivity index (χ1n) is 23.3. The van der Waals surface area contributed by atoms with Crippen LogP contribution in [0.2, 0.25) is 0 Å². The third-order valence-electron chi connectivity index (χ3n) is 13.6. The van der Waals surface area contributed by atoms with Crippen molar-refractivity contribution in [2.24, 2.45) is 0 Å². The van der Waals surface area contributed by atoms with Gasteiger partial charge in [0, 0.05) is 98.7 Å². The number of hydrogen-bond donors (Lipinski definition) is 3. The van der Waals surface area contributed by atoms with Crippen LogP contribution in [-0.2, 0) is 33.4 Å². The molecule has 19 heteroatoms. The lowest BCUT2D eigenvalue weighted by molar-refractivity contribution is -0.135. The van der Waals surface area contributed by atoms with E-state index in [-0.39, 0.29) is 23.9 Å². The van der Waals surface area contributed by atoms with Gasteiger partial charge in [-0.25, -0.2) is 14.2 Å². The third-order valence-corrected chi connectivity index (χ3v) is 15.7. The topological polar surface area (TPSA) is 180 Å². The number of carbonyl (C=O) groups excluding carboxylic acids is 2. The number of anilines is 5. The zero-order valence-corrected chi connectivity index (χ0v) is 41.5. The van der Waals surface area contributed by atoms with Gasteiger partial charge in [0.05, 0.1) is 34.0 Å². The minimum atomic E-state index is -2.75. The van der Waals surface area contributed by atoms with E-state index in [0.29, 0.717) is 52.2 Å². The van der Waals surface area contributed by atoms with Crippen LogP contribution < -0.4 is 36.6 Å². The van der Waals surface area contributed by atoms with Crippen LogP contribution in [0.25, 0.3) is 22.0 Å². The summed E-state index contributed by atoms with van der Waals surface area (Å²) >= 11 is 3.62. The van der Waals surface area contributed by atoms with Crippen molar-refractivity contribution in [3.8, 4) is 5.75 Å². The molecule has 1 atom stereocenters. The number of carbonyl (C=O) groups is 2. The van der Waals surface area contributed by atoms with Gasteiger partial charge in [0.1, 0.15) is 30.6 Å². The molecule has 3 aromatic carbocycles. The quantitative estimate of drug-likeness (QED) is 0.0721. The molecule has 3 fully saturated rings. The van der Waals surface area contributed by atoms with Gasteiger partial charge in [-0.2, -0.15) is 4.98 Å². The summed E-state index contributed by atoms with van der Waals surface area (Å²) in [5, 5.41) is 10.7. The molecular weight excluding hydrogens is 954 g/mol. The van der Waals surface area contributed by atoms with Crippen LogP contribution in [0.1, 0.15) is 62.4 Å². The molecule has 0 radical (unpaired) electrons. The molecule has 3 aliphatic heterocycles. The summed E-state index contributed by atoms with van der Waals surface area (Å²) in [4.78, 5) is 58.5. The lowest BCUT2D eigenvalue weighted by atomic mass is 9.99. The summed E-state index contributed by atoms with van der Waals surface area (Å²) in [5.74, 6) is -0.605. The van der Waals surface area contributed by atoms with E-state index in [1.807, 2.05) is 24.3 Å². The Morgan fingerprint density at radius 3 is 2.40 bits per heavy atom. The number of imide groups is 1. The van der Waals surface area contributed by atoms with Gasteiger partial charge in [-0.1, -0.05) is 19.9 Å². The van der Waals surface area contributed by atoms with E-state index in [1.54, 1.807) is 32.7 Å². The Bertz CT molecular complexity index is 3010. The number of pyridine rings is 1. The first kappa shape index (κ1) is 47.4. The van der Waals surface area contributed by atoms with Crippen LogP contribution in [0, 0.1) is 5.82 Å². The molecular formula is C49H57BrFN10O6P. The number of nitrogens with zero attached hydrogens (tertiary/aromatic N) is 7. The van der Waals surface area contributed by atoms with Gasteiger partial charge >= 0.3 is 5.76 Å². The predicted molar refractivity (Wildman–Crippen MR) is 268 cm³/mol. The van der Waals surface area contributed by atoms with E-state index in [0.717, 1.165) is 103 Å². The molecule has 1 unspecified atom stereocenters. The number of piperidine rings is 2. The minimum Gasteiger partial charge on any atom is -0.494 e. The summed E-state index contributed by atoms with van der Waals surface area (Å²) in [6.07, 6.45) is 6.09. The van der Waals surface area contributed by atoms with E-state index in [9.17, 15) is 18.9 Å². The fourth-order valence-electron chi connectivity index (χ4n) is 9.94. The number of ether oxygens (including phenoxy) is 1. The average Bonchev–Trinajstić information content (AvgIpc) is 3.64. The zero-order chi connectivity index (χ0) is 47.9. The number of hydrogen-bond acceptors (Lipinski definition) is 14. The second-order valence-corrected chi connectivity index (χ2v) is 22.2. The van der Waals surface area contributed by atoms with Gasteiger partial charge in [-0.05, 0) is 109 Å². The molecule has 9 rings (SSSR count). The van der Waals surface area contributed by atoms with Crippen molar-refractivity contribution in [3.05, 3.63) is 92.4 Å². The van der Waals surface area contributed by atoms with E-state index in [1.165, 1.54) is 11.6 Å². The Morgan fingerprint density at radius 2 is 1.69 bits per heavy atom. The molecule has 3 aliphatic rings. The highest BCUT2D eigenvalue weighted by atomic mass is 79.9. The minimum absolute atomic E-state index is 0.0953. The number of methoxy groups -OCH3 is 1. The predicted octanol–water partition coefficient (Wildman–Crippen LogP) is 7.51. The van der Waals surface area contributed by atoms with Crippen LogP contribution in [-0.4, -0.2) is 113 Å². The van der Waals surface area contributed by atoms with E-state index in [4.69, 9.17) is 19.1 Å². The van der Waals surface area contributed by atoms with Crippen molar-refractivity contribution in [1.82, 2.24) is 34.6 Å². The summed E-state index contributed by atoms with van der Waals surface area (Å²) in [5.41, 5.74) is 6.47. The molecule has 3 saturated heterocycles. The van der Waals surface area contributed by atoms with Crippen molar-refractivity contribution < 1.29 is 27.7 Å². The van der Waals surface area contributed by atoms with Crippen LogP contribution in [0.3, 0.4) is 0 Å².